The lowest BCUT2D eigenvalue weighted by Crippen LogP contribution is -2.19. The van der Waals surface area contributed by atoms with Gasteiger partial charge in [-0.25, -0.2) is 19.4 Å². The monoisotopic (exact) mass is 320 g/mol. The van der Waals surface area contributed by atoms with Crippen molar-refractivity contribution in [2.45, 2.75) is 89.9 Å². The molecular weight excluding hydrogens is 292 g/mol. The third kappa shape index (κ3) is 12.7. The number of carbonyl (C=O) groups excluding carboxylic acids is 2. The number of carbonyl (C=O) groups is 2. The molecule has 21 heavy (non-hydrogen) atoms. The van der Waals surface area contributed by atoms with Gasteiger partial charge in [0.05, 0.1) is 6.42 Å². The van der Waals surface area contributed by atoms with Crippen LogP contribution in [-0.2, 0) is 19.4 Å². The van der Waals surface area contributed by atoms with Crippen molar-refractivity contribution >= 4 is 23.5 Å². The maximum Gasteiger partial charge on any atom is 0.373 e. The zero-order valence-corrected chi connectivity index (χ0v) is 14.1. The summed E-state index contributed by atoms with van der Waals surface area (Å²) in [4.78, 5) is 31.3. The summed E-state index contributed by atoms with van der Waals surface area (Å²) < 4.78 is 0. The second kappa shape index (κ2) is 14.2. The van der Waals surface area contributed by atoms with Crippen molar-refractivity contribution in [2.75, 3.05) is 0 Å². The number of halogens is 1. The van der Waals surface area contributed by atoms with Crippen LogP contribution in [0.15, 0.2) is 0 Å². The molecule has 0 rings (SSSR count). The van der Waals surface area contributed by atoms with E-state index in [1.165, 1.54) is 38.5 Å². The van der Waals surface area contributed by atoms with Crippen LogP contribution in [0.3, 0.4) is 0 Å². The molecule has 0 aliphatic rings. The van der Waals surface area contributed by atoms with Gasteiger partial charge in [-0.1, -0.05) is 65.2 Å². The molecule has 0 aromatic rings. The molecular formula is C16H29ClO4. The van der Waals surface area contributed by atoms with E-state index in [0.29, 0.717) is 6.42 Å². The first-order valence-electron chi connectivity index (χ1n) is 8.17. The maximum atomic E-state index is 11.3. The Hall–Kier alpha value is -0.770. The van der Waals surface area contributed by atoms with Gasteiger partial charge in [0.2, 0.25) is 0 Å². The minimum atomic E-state index is -0.759. The van der Waals surface area contributed by atoms with E-state index in [2.05, 4.69) is 16.7 Å². The van der Waals surface area contributed by atoms with E-state index in [1.807, 2.05) is 0 Å². The van der Waals surface area contributed by atoms with Gasteiger partial charge in [0.15, 0.2) is 0 Å². The standard InChI is InChI=1S/C16H29ClO4/c1-3-5-6-7-8-9-10-11-12-13-15(18)20-21-16(19)14(17)4-2/h14H,3-13H2,1-2H3. The second-order valence-corrected chi connectivity index (χ2v) is 5.84. The third-order valence-electron chi connectivity index (χ3n) is 3.32. The van der Waals surface area contributed by atoms with E-state index in [9.17, 15) is 9.59 Å². The molecule has 0 aromatic carbocycles. The van der Waals surface area contributed by atoms with Crippen LogP contribution in [0.1, 0.15) is 84.5 Å². The molecule has 0 spiro atoms. The van der Waals surface area contributed by atoms with E-state index in [-0.39, 0.29) is 6.42 Å². The Labute approximate surface area is 133 Å². The zero-order valence-electron chi connectivity index (χ0n) is 13.4. The lowest BCUT2D eigenvalue weighted by Gasteiger charge is -2.05. The van der Waals surface area contributed by atoms with Crippen molar-refractivity contribution in [1.29, 1.82) is 0 Å². The summed E-state index contributed by atoms with van der Waals surface area (Å²) in [7, 11) is 0. The van der Waals surface area contributed by atoms with Crippen molar-refractivity contribution in [2.24, 2.45) is 0 Å². The van der Waals surface area contributed by atoms with E-state index in [4.69, 9.17) is 11.6 Å². The van der Waals surface area contributed by atoms with Crippen molar-refractivity contribution in [1.82, 2.24) is 0 Å². The molecule has 0 saturated heterocycles. The third-order valence-corrected chi connectivity index (χ3v) is 3.80. The molecule has 124 valence electrons. The summed E-state index contributed by atoms with van der Waals surface area (Å²) in [6, 6.07) is 0. The molecule has 4 nitrogen and oxygen atoms in total. The fourth-order valence-corrected chi connectivity index (χ4v) is 1.96. The molecule has 0 amide bonds. The van der Waals surface area contributed by atoms with Gasteiger partial charge in [0.1, 0.15) is 5.38 Å². The van der Waals surface area contributed by atoms with Gasteiger partial charge in [0.25, 0.3) is 0 Å². The summed E-state index contributed by atoms with van der Waals surface area (Å²) in [6.45, 7) is 3.97. The highest BCUT2D eigenvalue weighted by atomic mass is 35.5. The number of hydrogen-bond acceptors (Lipinski definition) is 4. The fraction of sp³-hybridized carbons (Fsp3) is 0.875. The molecule has 0 aromatic heterocycles. The van der Waals surface area contributed by atoms with Gasteiger partial charge >= 0.3 is 11.9 Å². The molecule has 0 radical (unpaired) electrons. The average molecular weight is 321 g/mol. The molecule has 1 atom stereocenters. The molecule has 0 N–H and O–H groups in total. The van der Waals surface area contributed by atoms with Crippen LogP contribution in [0.4, 0.5) is 0 Å². The summed E-state index contributed by atoms with van der Waals surface area (Å²) in [5, 5.41) is -0.759. The molecule has 0 heterocycles. The Morgan fingerprint density at radius 2 is 1.38 bits per heavy atom. The first kappa shape index (κ1) is 20.2. The lowest BCUT2D eigenvalue weighted by atomic mass is 10.1. The number of alkyl halides is 1. The molecule has 5 heteroatoms. The topological polar surface area (TPSA) is 52.6 Å². The average Bonchev–Trinajstić information content (AvgIpc) is 2.50. The van der Waals surface area contributed by atoms with E-state index in [0.717, 1.165) is 19.3 Å². The molecule has 1 unspecified atom stereocenters. The largest absolute Gasteiger partial charge is 0.373 e. The van der Waals surface area contributed by atoms with Crippen molar-refractivity contribution in [3.63, 3.8) is 0 Å². The Morgan fingerprint density at radius 3 is 1.90 bits per heavy atom. The molecule has 0 saturated carbocycles. The highest BCUT2D eigenvalue weighted by Gasteiger charge is 2.17. The van der Waals surface area contributed by atoms with Crippen LogP contribution in [0.25, 0.3) is 0 Å². The molecule has 0 aliphatic heterocycles. The second-order valence-electron chi connectivity index (χ2n) is 5.31. The van der Waals surface area contributed by atoms with Crippen LogP contribution in [0, 0.1) is 0 Å². The first-order valence-corrected chi connectivity index (χ1v) is 8.60. The predicted octanol–water partition coefficient (Wildman–Crippen LogP) is 4.93. The van der Waals surface area contributed by atoms with E-state index >= 15 is 0 Å². The number of unbranched alkanes of at least 4 members (excludes halogenated alkanes) is 8. The van der Waals surface area contributed by atoms with Crippen LogP contribution in [0.5, 0.6) is 0 Å². The quantitative estimate of drug-likeness (QED) is 0.221. The molecule has 0 bridgehead atoms. The Bertz CT molecular complexity index is 281. The van der Waals surface area contributed by atoms with Crippen molar-refractivity contribution in [3.8, 4) is 0 Å². The van der Waals surface area contributed by atoms with Gasteiger partial charge < -0.3 is 0 Å². The van der Waals surface area contributed by atoms with E-state index < -0.39 is 17.3 Å². The first-order chi connectivity index (χ1) is 10.1. The van der Waals surface area contributed by atoms with Gasteiger partial charge in [-0.3, -0.25) is 0 Å². The summed E-state index contributed by atoms with van der Waals surface area (Å²) in [6.07, 6.45) is 11.4. The van der Waals surface area contributed by atoms with Crippen molar-refractivity contribution < 1.29 is 19.4 Å². The SMILES string of the molecule is CCCCCCCCCCCC(=O)OOC(=O)C(Cl)CC. The highest BCUT2D eigenvalue weighted by molar-refractivity contribution is 6.29. The van der Waals surface area contributed by atoms with Gasteiger partial charge in [-0.05, 0) is 12.8 Å². The zero-order chi connectivity index (χ0) is 15.9. The normalized spacial score (nSPS) is 12.0. The number of rotatable bonds is 12. The summed E-state index contributed by atoms with van der Waals surface area (Å²) in [5.41, 5.74) is 0. The Morgan fingerprint density at radius 1 is 0.857 bits per heavy atom. The Kier molecular flexibility index (Phi) is 13.7. The van der Waals surface area contributed by atoms with Crippen LogP contribution in [0.2, 0.25) is 0 Å². The lowest BCUT2D eigenvalue weighted by molar-refractivity contribution is -0.258. The van der Waals surface area contributed by atoms with E-state index in [1.54, 1.807) is 6.92 Å². The minimum Gasteiger partial charge on any atom is -0.247 e. The van der Waals surface area contributed by atoms with Gasteiger partial charge in [-0.2, -0.15) is 0 Å². The molecule has 0 fully saturated rings. The van der Waals surface area contributed by atoms with Crippen LogP contribution < -0.4 is 0 Å². The van der Waals surface area contributed by atoms with Gasteiger partial charge in [0, 0.05) is 0 Å². The fourth-order valence-electron chi connectivity index (χ4n) is 1.93. The van der Waals surface area contributed by atoms with Crippen LogP contribution >= 0.6 is 11.6 Å². The number of hydrogen-bond donors (Lipinski definition) is 0. The predicted molar refractivity (Wildman–Crippen MR) is 84.0 cm³/mol. The summed E-state index contributed by atoms with van der Waals surface area (Å²) in [5.74, 6) is -1.22. The maximum absolute atomic E-state index is 11.3. The smallest absolute Gasteiger partial charge is 0.247 e. The summed E-state index contributed by atoms with van der Waals surface area (Å²) >= 11 is 5.64. The molecule has 0 aliphatic carbocycles. The highest BCUT2D eigenvalue weighted by Crippen LogP contribution is 2.11. The minimum absolute atomic E-state index is 0.280. The van der Waals surface area contributed by atoms with Crippen molar-refractivity contribution in [3.05, 3.63) is 0 Å². The van der Waals surface area contributed by atoms with Gasteiger partial charge in [-0.15, -0.1) is 11.6 Å². The van der Waals surface area contributed by atoms with Crippen LogP contribution in [-0.4, -0.2) is 17.3 Å². The Balaban J connectivity index is 3.36.